The van der Waals surface area contributed by atoms with Crippen LogP contribution in [-0.4, -0.2) is 41.3 Å². The summed E-state index contributed by atoms with van der Waals surface area (Å²) in [7, 11) is 1.66. The largest absolute Gasteiger partial charge is 0.376 e. The summed E-state index contributed by atoms with van der Waals surface area (Å²) < 4.78 is 21.0. The van der Waals surface area contributed by atoms with E-state index in [0.29, 0.717) is 18.0 Å². The Hall–Kier alpha value is -3.36. The molecule has 0 fully saturated rings. The van der Waals surface area contributed by atoms with Crippen LogP contribution in [0.5, 0.6) is 0 Å². The predicted octanol–water partition coefficient (Wildman–Crippen LogP) is 2.78. The van der Waals surface area contributed by atoms with E-state index in [0.717, 1.165) is 12.8 Å². The van der Waals surface area contributed by atoms with Crippen LogP contribution in [0.2, 0.25) is 0 Å². The molecule has 33 heavy (non-hydrogen) atoms. The maximum absolute atomic E-state index is 13.4. The smallest absolute Gasteiger partial charge is 0.277 e. The molecule has 1 amide bonds. The number of hydrogen-bond donors (Lipinski definition) is 2. The van der Waals surface area contributed by atoms with Crippen LogP contribution in [0.3, 0.4) is 0 Å². The minimum atomic E-state index is -0.470. The predicted molar refractivity (Wildman–Crippen MR) is 125 cm³/mol. The van der Waals surface area contributed by atoms with Crippen molar-refractivity contribution >= 4 is 11.6 Å². The molecule has 0 saturated carbocycles. The first-order valence-electron chi connectivity index (χ1n) is 11.0. The standard InChI is InChI=1S/C25H27FN4O3/c1-16(27-2)24(31)29-22-15-28-23(17-7-9-20(26)10-8-17)30(25(22)32)11-12-33-21-13-18-5-3-4-6-19(18)14-21/h3-10,15-16,21,27H,11-14H2,1-2H3,(H,29,31). The SMILES string of the molecule is CNC(C)C(=O)Nc1cnc(-c2ccc(F)cc2)n(CCOC2Cc3ccccc3C2)c1=O. The molecule has 0 saturated heterocycles. The summed E-state index contributed by atoms with van der Waals surface area (Å²) >= 11 is 0. The van der Waals surface area contributed by atoms with E-state index in [4.69, 9.17) is 4.74 Å². The molecule has 1 atom stereocenters. The number of carbonyl (C=O) groups excluding carboxylic acids is 1. The summed E-state index contributed by atoms with van der Waals surface area (Å²) in [6, 6.07) is 13.6. The van der Waals surface area contributed by atoms with E-state index in [1.165, 1.54) is 34.0 Å². The van der Waals surface area contributed by atoms with Crippen molar-refractivity contribution in [2.45, 2.75) is 38.5 Å². The number of fused-ring (bicyclic) bond motifs is 1. The molecule has 0 aliphatic heterocycles. The number of aromatic nitrogens is 2. The van der Waals surface area contributed by atoms with E-state index < -0.39 is 6.04 Å². The fourth-order valence-electron chi connectivity index (χ4n) is 3.93. The van der Waals surface area contributed by atoms with Gasteiger partial charge in [-0.05, 0) is 62.2 Å². The average molecular weight is 451 g/mol. The molecular formula is C25H27FN4O3. The zero-order valence-electron chi connectivity index (χ0n) is 18.7. The quantitative estimate of drug-likeness (QED) is 0.551. The van der Waals surface area contributed by atoms with Gasteiger partial charge in [-0.15, -0.1) is 0 Å². The van der Waals surface area contributed by atoms with Gasteiger partial charge >= 0.3 is 0 Å². The van der Waals surface area contributed by atoms with E-state index in [2.05, 4.69) is 27.8 Å². The third-order valence-corrected chi connectivity index (χ3v) is 5.92. The molecule has 1 unspecified atom stereocenters. The summed E-state index contributed by atoms with van der Waals surface area (Å²) in [5.74, 6) is -0.322. The molecule has 172 valence electrons. The molecule has 3 aromatic rings. The number of ether oxygens (including phenoxy) is 1. The van der Waals surface area contributed by atoms with Crippen LogP contribution in [0.15, 0.2) is 59.5 Å². The highest BCUT2D eigenvalue weighted by atomic mass is 19.1. The van der Waals surface area contributed by atoms with Gasteiger partial charge < -0.3 is 15.4 Å². The van der Waals surface area contributed by atoms with Crippen molar-refractivity contribution in [1.82, 2.24) is 14.9 Å². The fourth-order valence-corrected chi connectivity index (χ4v) is 3.93. The third kappa shape index (κ3) is 5.18. The van der Waals surface area contributed by atoms with Crippen molar-refractivity contribution < 1.29 is 13.9 Å². The van der Waals surface area contributed by atoms with Gasteiger partial charge in [-0.25, -0.2) is 9.37 Å². The topological polar surface area (TPSA) is 85.2 Å². The highest BCUT2D eigenvalue weighted by Gasteiger charge is 2.22. The summed E-state index contributed by atoms with van der Waals surface area (Å²) in [6.45, 7) is 2.25. The molecule has 4 rings (SSSR count). The van der Waals surface area contributed by atoms with Crippen LogP contribution >= 0.6 is 0 Å². The second kappa shape index (κ2) is 10.1. The van der Waals surface area contributed by atoms with Crippen LogP contribution in [0.4, 0.5) is 10.1 Å². The molecule has 1 heterocycles. The van der Waals surface area contributed by atoms with Crippen LogP contribution in [-0.2, 0) is 28.9 Å². The number of carbonyl (C=O) groups is 1. The zero-order valence-corrected chi connectivity index (χ0v) is 18.7. The first kappa shape index (κ1) is 22.8. The van der Waals surface area contributed by atoms with Gasteiger partial charge in [0.1, 0.15) is 17.3 Å². The van der Waals surface area contributed by atoms with E-state index >= 15 is 0 Å². The Balaban J connectivity index is 1.55. The molecule has 1 aliphatic carbocycles. The molecular weight excluding hydrogens is 423 g/mol. The van der Waals surface area contributed by atoms with Gasteiger partial charge in [0.15, 0.2) is 0 Å². The van der Waals surface area contributed by atoms with Crippen LogP contribution in [0.25, 0.3) is 11.4 Å². The maximum atomic E-state index is 13.4. The van der Waals surface area contributed by atoms with E-state index in [1.54, 1.807) is 26.1 Å². The first-order chi connectivity index (χ1) is 16.0. The Morgan fingerprint density at radius 1 is 1.18 bits per heavy atom. The number of halogens is 1. The number of benzene rings is 2. The van der Waals surface area contributed by atoms with Gasteiger partial charge in [0.25, 0.3) is 5.56 Å². The molecule has 8 heteroatoms. The number of nitrogens with one attached hydrogen (secondary N) is 2. The normalized spacial score (nSPS) is 14.2. The lowest BCUT2D eigenvalue weighted by Crippen LogP contribution is -2.38. The maximum Gasteiger partial charge on any atom is 0.277 e. The van der Waals surface area contributed by atoms with Crippen molar-refractivity contribution in [1.29, 1.82) is 0 Å². The molecule has 0 bridgehead atoms. The Morgan fingerprint density at radius 3 is 2.48 bits per heavy atom. The van der Waals surface area contributed by atoms with Gasteiger partial charge in [0.2, 0.25) is 5.91 Å². The van der Waals surface area contributed by atoms with Crippen LogP contribution < -0.4 is 16.2 Å². The Kier molecular flexibility index (Phi) is 6.96. The monoisotopic (exact) mass is 450 g/mol. The van der Waals surface area contributed by atoms with Crippen molar-refractivity contribution in [2.24, 2.45) is 0 Å². The molecule has 0 radical (unpaired) electrons. The minimum Gasteiger partial charge on any atom is -0.376 e. The lowest BCUT2D eigenvalue weighted by Gasteiger charge is -2.17. The van der Waals surface area contributed by atoms with Crippen molar-refractivity contribution in [2.75, 3.05) is 19.0 Å². The number of rotatable bonds is 8. The van der Waals surface area contributed by atoms with Gasteiger partial charge in [0, 0.05) is 5.56 Å². The highest BCUT2D eigenvalue weighted by molar-refractivity contribution is 5.94. The van der Waals surface area contributed by atoms with Crippen LogP contribution in [0.1, 0.15) is 18.1 Å². The van der Waals surface area contributed by atoms with E-state index in [1.807, 2.05) is 12.1 Å². The summed E-state index contributed by atoms with van der Waals surface area (Å²) in [5.41, 5.74) is 2.87. The lowest BCUT2D eigenvalue weighted by atomic mass is 10.1. The zero-order chi connectivity index (χ0) is 23.4. The van der Waals surface area contributed by atoms with Crippen molar-refractivity contribution in [3.8, 4) is 11.4 Å². The van der Waals surface area contributed by atoms with Crippen LogP contribution in [0, 0.1) is 5.82 Å². The summed E-state index contributed by atoms with van der Waals surface area (Å²) in [6.07, 6.45) is 3.07. The summed E-state index contributed by atoms with van der Waals surface area (Å²) in [4.78, 5) is 29.9. The Bertz CT molecular complexity index is 1170. The number of anilines is 1. The molecule has 2 aromatic carbocycles. The van der Waals surface area contributed by atoms with Gasteiger partial charge in [-0.3, -0.25) is 14.2 Å². The molecule has 2 N–H and O–H groups in total. The first-order valence-corrected chi connectivity index (χ1v) is 11.0. The molecule has 0 spiro atoms. The Labute approximate surface area is 191 Å². The number of nitrogens with zero attached hydrogens (tertiary/aromatic N) is 2. The molecule has 1 aliphatic rings. The second-order valence-corrected chi connectivity index (χ2v) is 8.13. The number of amides is 1. The van der Waals surface area contributed by atoms with E-state index in [9.17, 15) is 14.0 Å². The molecule has 1 aromatic heterocycles. The average Bonchev–Trinajstić information content (AvgIpc) is 3.24. The lowest BCUT2D eigenvalue weighted by molar-refractivity contribution is -0.117. The fraction of sp³-hybridized carbons (Fsp3) is 0.320. The second-order valence-electron chi connectivity index (χ2n) is 8.13. The minimum absolute atomic E-state index is 0.0553. The van der Waals surface area contributed by atoms with Crippen molar-refractivity contribution in [3.05, 3.63) is 82.0 Å². The molecule has 7 nitrogen and oxygen atoms in total. The van der Waals surface area contributed by atoms with Gasteiger partial charge in [-0.1, -0.05) is 24.3 Å². The van der Waals surface area contributed by atoms with Gasteiger partial charge in [-0.2, -0.15) is 0 Å². The van der Waals surface area contributed by atoms with Crippen molar-refractivity contribution in [3.63, 3.8) is 0 Å². The van der Waals surface area contributed by atoms with E-state index in [-0.39, 0.29) is 35.6 Å². The highest BCUT2D eigenvalue weighted by Crippen LogP contribution is 2.24. The number of likely N-dealkylation sites (N-methyl/N-ethyl adjacent to an activating group) is 1. The summed E-state index contributed by atoms with van der Waals surface area (Å²) in [5, 5.41) is 5.47. The number of hydrogen-bond acceptors (Lipinski definition) is 5. The van der Waals surface area contributed by atoms with Gasteiger partial charge in [0.05, 0.1) is 31.5 Å². The Morgan fingerprint density at radius 2 is 1.85 bits per heavy atom. The third-order valence-electron chi connectivity index (χ3n) is 5.92.